The number of ether oxygens (including phenoxy) is 14. The van der Waals surface area contributed by atoms with Crippen LogP contribution in [-0.4, -0.2) is 133 Å². The lowest BCUT2D eigenvalue weighted by Crippen LogP contribution is -2.38. The molecule has 0 unspecified atom stereocenters. The second-order valence-electron chi connectivity index (χ2n) is 16.1. The maximum atomic E-state index is 13.3. The van der Waals surface area contributed by atoms with Gasteiger partial charge in [0.05, 0.1) is 11.4 Å². The predicted octanol–water partition coefficient (Wildman–Crippen LogP) is 3.43. The molecular formula is C52H52N2O25. The Labute approximate surface area is 449 Å². The van der Waals surface area contributed by atoms with Gasteiger partial charge in [-0.1, -0.05) is 18.2 Å². The monoisotopic (exact) mass is 1100 g/mol. The smallest absolute Gasteiger partial charge is 0.328 e. The van der Waals surface area contributed by atoms with Gasteiger partial charge in [0, 0.05) is 70.4 Å². The van der Waals surface area contributed by atoms with E-state index in [0.717, 1.165) is 32.6 Å². The zero-order chi connectivity index (χ0) is 57.6. The molecule has 0 aliphatic carbocycles. The molecule has 27 heteroatoms. The molecule has 0 spiro atoms. The molecule has 5 rings (SSSR count). The molecule has 0 N–H and O–H groups in total. The number of para-hydroxylation sites is 2. The van der Waals surface area contributed by atoms with Crippen molar-refractivity contribution in [1.29, 1.82) is 0 Å². The SMILES string of the molecule is CC(=O)OCOC(=O)CN(CC(=O)OCOC(C)=O)c1ccccc1OCCOc1cc(C2(OC=O)c3ccc(OC(C)=O)cc3Oc3cc(OC(C)=O)ccc32)ccc1N(CC(=O)OCOC(C)=O)CC(=O)OCOC(C)=O. The van der Waals surface area contributed by atoms with Crippen molar-refractivity contribution in [2.45, 2.75) is 47.1 Å². The van der Waals surface area contributed by atoms with Crippen LogP contribution in [0.1, 0.15) is 58.2 Å². The topological polar surface area (TPSA) is 323 Å². The van der Waals surface area contributed by atoms with Crippen LogP contribution in [0.3, 0.4) is 0 Å². The first-order valence-corrected chi connectivity index (χ1v) is 23.3. The molecule has 1 heterocycles. The number of hydrogen-bond acceptors (Lipinski definition) is 27. The summed E-state index contributed by atoms with van der Waals surface area (Å²) in [4.78, 5) is 137. The van der Waals surface area contributed by atoms with Crippen LogP contribution in [0.2, 0.25) is 0 Å². The van der Waals surface area contributed by atoms with E-state index in [1.54, 1.807) is 12.1 Å². The Morgan fingerprint density at radius 3 is 1.24 bits per heavy atom. The van der Waals surface area contributed by atoms with E-state index in [9.17, 15) is 52.7 Å². The number of carbonyl (C=O) groups excluding carboxylic acids is 11. The Bertz CT molecular complexity index is 2800. The van der Waals surface area contributed by atoms with E-state index in [2.05, 4.69) is 0 Å². The molecule has 0 saturated carbocycles. The van der Waals surface area contributed by atoms with Crippen LogP contribution < -0.4 is 33.5 Å². The van der Waals surface area contributed by atoms with Gasteiger partial charge >= 0.3 is 59.7 Å². The Hall–Kier alpha value is -9.95. The second kappa shape index (κ2) is 28.8. The lowest BCUT2D eigenvalue weighted by Gasteiger charge is -2.39. The molecule has 0 atom stereocenters. The molecule has 420 valence electrons. The molecule has 4 aromatic rings. The van der Waals surface area contributed by atoms with Crippen molar-refractivity contribution in [3.63, 3.8) is 0 Å². The zero-order valence-electron chi connectivity index (χ0n) is 43.3. The summed E-state index contributed by atoms with van der Waals surface area (Å²) in [6, 6.07) is 18.8. The molecule has 0 bridgehead atoms. The highest BCUT2D eigenvalue weighted by Gasteiger charge is 2.47. The molecule has 27 nitrogen and oxygen atoms in total. The molecule has 0 fully saturated rings. The largest absolute Gasteiger partial charge is 0.488 e. The summed E-state index contributed by atoms with van der Waals surface area (Å²) in [5.74, 6) is -8.32. The van der Waals surface area contributed by atoms with Gasteiger partial charge < -0.3 is 76.1 Å². The summed E-state index contributed by atoms with van der Waals surface area (Å²) in [6.07, 6.45) is 0. The van der Waals surface area contributed by atoms with Gasteiger partial charge in [-0.2, -0.15) is 0 Å². The number of nitrogens with zero attached hydrogens (tertiary/aromatic N) is 2. The van der Waals surface area contributed by atoms with Crippen molar-refractivity contribution in [3.8, 4) is 34.5 Å². The average Bonchev–Trinajstić information content (AvgIpc) is 3.44. The first kappa shape index (κ1) is 59.9. The van der Waals surface area contributed by atoms with Crippen molar-refractivity contribution in [3.05, 3.63) is 95.6 Å². The van der Waals surface area contributed by atoms with Crippen molar-refractivity contribution >= 4 is 77.5 Å². The maximum absolute atomic E-state index is 13.3. The van der Waals surface area contributed by atoms with Gasteiger partial charge in [-0.25, -0.2) is 0 Å². The van der Waals surface area contributed by atoms with Crippen LogP contribution in [-0.2, 0) is 101 Å². The molecule has 1 aliphatic rings. The Morgan fingerprint density at radius 1 is 0.456 bits per heavy atom. The lowest BCUT2D eigenvalue weighted by molar-refractivity contribution is -0.167. The molecule has 4 aromatic carbocycles. The lowest BCUT2D eigenvalue weighted by atomic mass is 9.77. The van der Waals surface area contributed by atoms with Crippen molar-refractivity contribution < 1.29 is 119 Å². The van der Waals surface area contributed by atoms with Gasteiger partial charge in [-0.15, -0.1) is 0 Å². The third-order valence-electron chi connectivity index (χ3n) is 10.4. The zero-order valence-corrected chi connectivity index (χ0v) is 43.3. The van der Waals surface area contributed by atoms with Crippen LogP contribution in [0.5, 0.6) is 34.5 Å². The fourth-order valence-corrected chi connectivity index (χ4v) is 7.28. The summed E-state index contributed by atoms with van der Waals surface area (Å²) < 4.78 is 74.6. The van der Waals surface area contributed by atoms with E-state index >= 15 is 0 Å². The summed E-state index contributed by atoms with van der Waals surface area (Å²) in [7, 11) is 0. The minimum absolute atomic E-state index is 0.00344. The third-order valence-corrected chi connectivity index (χ3v) is 10.4. The minimum Gasteiger partial charge on any atom is -0.488 e. The third kappa shape index (κ3) is 17.8. The molecule has 0 saturated heterocycles. The number of benzene rings is 4. The van der Waals surface area contributed by atoms with Crippen molar-refractivity contribution in [2.24, 2.45) is 0 Å². The van der Waals surface area contributed by atoms with Gasteiger partial charge in [-0.05, 0) is 48.5 Å². The minimum atomic E-state index is -1.99. The van der Waals surface area contributed by atoms with Crippen LogP contribution in [0.4, 0.5) is 11.4 Å². The number of hydrogen-bond donors (Lipinski definition) is 0. The molecule has 0 amide bonds. The van der Waals surface area contributed by atoms with E-state index in [-0.39, 0.29) is 75.6 Å². The fraction of sp³-hybridized carbons (Fsp3) is 0.327. The molecule has 0 aromatic heterocycles. The van der Waals surface area contributed by atoms with Crippen LogP contribution in [0, 0.1) is 0 Å². The maximum Gasteiger partial charge on any atom is 0.328 e. The highest BCUT2D eigenvalue weighted by Crippen LogP contribution is 2.54. The second-order valence-corrected chi connectivity index (χ2v) is 16.1. The molecular weight excluding hydrogens is 1050 g/mol. The van der Waals surface area contributed by atoms with Crippen LogP contribution >= 0.6 is 0 Å². The normalized spacial score (nSPS) is 11.4. The number of rotatable bonds is 28. The van der Waals surface area contributed by atoms with Crippen LogP contribution in [0.25, 0.3) is 0 Å². The van der Waals surface area contributed by atoms with Gasteiger partial charge in [0.25, 0.3) is 6.47 Å². The predicted molar refractivity (Wildman–Crippen MR) is 262 cm³/mol. The summed E-state index contributed by atoms with van der Waals surface area (Å²) >= 11 is 0. The fourth-order valence-electron chi connectivity index (χ4n) is 7.28. The highest BCUT2D eigenvalue weighted by molar-refractivity contribution is 5.84. The Morgan fingerprint density at radius 2 is 0.848 bits per heavy atom. The average molecular weight is 1100 g/mol. The Balaban J connectivity index is 1.62. The van der Waals surface area contributed by atoms with Crippen molar-refractivity contribution in [1.82, 2.24) is 0 Å². The van der Waals surface area contributed by atoms with Crippen LogP contribution in [0.15, 0.2) is 78.9 Å². The molecule has 1 aliphatic heterocycles. The first-order chi connectivity index (χ1) is 37.7. The standard InChI is InChI=1S/C52H52N2O25/c1-31(56)68-27-72-48(62)22-53(23-49(63)73-28-69-32(2)57)42-9-7-8-10-44(42)66-17-18-67-47-19-37(11-16-43(47)54(24-50(64)74-29-70-33(3)58)25-51(65)75-30-71-34(4)59)52(76-26-55)40-14-12-38(77-35(5)60)20-45(40)79-46-21-39(78-36(6)61)13-15-41(46)52/h7-16,19-21,26H,17-18,22-25,27-30H2,1-6H3. The van der Waals surface area contributed by atoms with Gasteiger partial charge in [0.2, 0.25) is 27.2 Å². The van der Waals surface area contributed by atoms with E-state index in [1.807, 2.05) is 0 Å². The van der Waals surface area contributed by atoms with E-state index in [4.69, 9.17) is 66.3 Å². The number of carbonyl (C=O) groups is 11. The Kier molecular flexibility index (Phi) is 21.9. The number of esters is 10. The van der Waals surface area contributed by atoms with E-state index < -0.39 is 125 Å². The summed E-state index contributed by atoms with van der Waals surface area (Å²) in [6.45, 7) is 0.311. The van der Waals surface area contributed by atoms with Gasteiger partial charge in [0.15, 0.2) is 5.60 Å². The first-order valence-electron chi connectivity index (χ1n) is 23.3. The molecule has 79 heavy (non-hydrogen) atoms. The van der Waals surface area contributed by atoms with E-state index in [0.29, 0.717) is 0 Å². The highest BCUT2D eigenvalue weighted by atomic mass is 16.7. The molecule has 0 radical (unpaired) electrons. The van der Waals surface area contributed by atoms with Crippen molar-refractivity contribution in [2.75, 3.05) is 76.4 Å². The number of anilines is 2. The summed E-state index contributed by atoms with van der Waals surface area (Å²) in [5, 5.41) is 0. The quantitative estimate of drug-likeness (QED) is 0.0196. The summed E-state index contributed by atoms with van der Waals surface area (Å²) in [5.41, 5.74) is -1.45. The van der Waals surface area contributed by atoms with E-state index in [1.165, 1.54) is 85.5 Å². The number of fused-ring (bicyclic) bond motifs is 2. The van der Waals surface area contributed by atoms with Gasteiger partial charge in [-0.3, -0.25) is 52.7 Å². The van der Waals surface area contributed by atoms with Gasteiger partial charge in [0.1, 0.15) is 73.9 Å².